The van der Waals surface area contributed by atoms with Crippen LogP contribution >= 0.6 is 0 Å². The first-order chi connectivity index (χ1) is 9.74. The van der Waals surface area contributed by atoms with Crippen molar-refractivity contribution >= 4 is 5.91 Å². The zero-order chi connectivity index (χ0) is 14.4. The molecule has 0 radical (unpaired) electrons. The zero-order valence-electron chi connectivity index (χ0n) is 12.9. The molecule has 2 saturated heterocycles. The summed E-state index contributed by atoms with van der Waals surface area (Å²) in [6, 6.07) is 0.714. The minimum Gasteiger partial charge on any atom is -0.385 e. The predicted molar refractivity (Wildman–Crippen MR) is 79.7 cm³/mol. The lowest BCUT2D eigenvalue weighted by molar-refractivity contribution is -0.135. The average molecular weight is 283 g/mol. The third kappa shape index (κ3) is 3.93. The van der Waals surface area contributed by atoms with Crippen LogP contribution in [0.4, 0.5) is 0 Å². The Bertz CT molecular complexity index is 305. The van der Waals surface area contributed by atoms with Gasteiger partial charge < -0.3 is 15.0 Å². The molecule has 5 heteroatoms. The number of piperidine rings is 1. The highest BCUT2D eigenvalue weighted by molar-refractivity contribution is 5.82. The second kappa shape index (κ2) is 7.96. The molecule has 5 nitrogen and oxygen atoms in total. The summed E-state index contributed by atoms with van der Waals surface area (Å²) < 4.78 is 5.06. The third-order valence-electron chi connectivity index (χ3n) is 4.58. The predicted octanol–water partition coefficient (Wildman–Crippen LogP) is 0.698. The number of carbonyl (C=O) groups is 1. The number of likely N-dealkylation sites (tertiary alicyclic amines) is 1. The molecule has 0 aromatic heterocycles. The lowest BCUT2D eigenvalue weighted by atomic mass is 10.0. The Labute approximate surface area is 122 Å². The van der Waals surface area contributed by atoms with Crippen LogP contribution in [0.5, 0.6) is 0 Å². The summed E-state index contributed by atoms with van der Waals surface area (Å²) in [5.74, 6) is 0.303. The first-order valence-corrected chi connectivity index (χ1v) is 7.94. The Kier molecular flexibility index (Phi) is 6.26. The molecule has 1 amide bonds. The molecule has 2 aliphatic heterocycles. The summed E-state index contributed by atoms with van der Waals surface area (Å²) in [6.45, 7) is 4.79. The summed E-state index contributed by atoms with van der Waals surface area (Å²) in [5, 5.41) is 3.40. The van der Waals surface area contributed by atoms with Gasteiger partial charge in [0.2, 0.25) is 5.91 Å². The third-order valence-corrected chi connectivity index (χ3v) is 4.58. The molecule has 0 spiro atoms. The zero-order valence-corrected chi connectivity index (χ0v) is 12.9. The molecule has 1 atom stereocenters. The van der Waals surface area contributed by atoms with Crippen molar-refractivity contribution in [2.75, 3.05) is 46.9 Å². The van der Waals surface area contributed by atoms with Gasteiger partial charge in [0.05, 0.1) is 6.04 Å². The van der Waals surface area contributed by atoms with Crippen molar-refractivity contribution in [2.45, 2.75) is 44.2 Å². The van der Waals surface area contributed by atoms with Gasteiger partial charge in [0.25, 0.3) is 0 Å². The summed E-state index contributed by atoms with van der Waals surface area (Å²) >= 11 is 0. The van der Waals surface area contributed by atoms with E-state index in [1.54, 1.807) is 7.11 Å². The van der Waals surface area contributed by atoms with E-state index in [0.29, 0.717) is 11.9 Å². The molecule has 2 aliphatic rings. The highest BCUT2D eigenvalue weighted by Gasteiger charge is 2.36. The van der Waals surface area contributed by atoms with Crippen LogP contribution in [-0.4, -0.2) is 74.7 Å². The van der Waals surface area contributed by atoms with Gasteiger partial charge in [0, 0.05) is 33.4 Å². The van der Waals surface area contributed by atoms with Crippen molar-refractivity contribution in [1.82, 2.24) is 15.1 Å². The Morgan fingerprint density at radius 3 is 2.80 bits per heavy atom. The van der Waals surface area contributed by atoms with Gasteiger partial charge in [-0.1, -0.05) is 0 Å². The van der Waals surface area contributed by atoms with Crippen molar-refractivity contribution in [3.05, 3.63) is 0 Å². The van der Waals surface area contributed by atoms with E-state index in [4.69, 9.17) is 4.74 Å². The Hall–Kier alpha value is -0.650. The molecular weight excluding hydrogens is 254 g/mol. The monoisotopic (exact) mass is 283 g/mol. The number of ether oxygens (including phenoxy) is 1. The molecule has 116 valence electrons. The molecule has 2 fully saturated rings. The van der Waals surface area contributed by atoms with Gasteiger partial charge >= 0.3 is 0 Å². The summed E-state index contributed by atoms with van der Waals surface area (Å²) in [5.41, 5.74) is 0. The smallest absolute Gasteiger partial charge is 0.239 e. The van der Waals surface area contributed by atoms with Crippen LogP contribution in [0.25, 0.3) is 0 Å². The highest BCUT2D eigenvalue weighted by atomic mass is 16.5. The lowest BCUT2D eigenvalue weighted by Crippen LogP contribution is -2.51. The number of nitrogens with zero attached hydrogens (tertiary/aromatic N) is 2. The van der Waals surface area contributed by atoms with Crippen molar-refractivity contribution in [3.8, 4) is 0 Å². The maximum atomic E-state index is 12.6. The van der Waals surface area contributed by atoms with Crippen LogP contribution in [0, 0.1) is 0 Å². The average Bonchev–Trinajstić information content (AvgIpc) is 2.97. The maximum absolute atomic E-state index is 12.6. The van der Waals surface area contributed by atoms with Crippen molar-refractivity contribution in [3.63, 3.8) is 0 Å². The molecule has 1 N–H and O–H groups in total. The lowest BCUT2D eigenvalue weighted by Gasteiger charge is -2.36. The van der Waals surface area contributed by atoms with E-state index in [1.165, 1.54) is 12.8 Å². The van der Waals surface area contributed by atoms with Crippen molar-refractivity contribution in [2.24, 2.45) is 0 Å². The van der Waals surface area contributed by atoms with E-state index in [1.807, 2.05) is 11.9 Å². The Morgan fingerprint density at radius 2 is 2.10 bits per heavy atom. The molecule has 1 unspecified atom stereocenters. The van der Waals surface area contributed by atoms with Gasteiger partial charge in [-0.05, 0) is 51.7 Å². The number of hydrogen-bond acceptors (Lipinski definition) is 4. The van der Waals surface area contributed by atoms with Gasteiger partial charge in [0.1, 0.15) is 0 Å². The summed E-state index contributed by atoms with van der Waals surface area (Å²) in [7, 11) is 3.63. The number of nitrogens with one attached hydrogen (secondary N) is 1. The SMILES string of the molecule is COCCCN(C)C(=O)C1CCCN1C1CCNCC1. The fraction of sp³-hybridized carbons (Fsp3) is 0.933. The molecular formula is C15H29N3O2. The van der Waals surface area contributed by atoms with Crippen LogP contribution < -0.4 is 5.32 Å². The molecule has 0 saturated carbocycles. The fourth-order valence-electron chi connectivity index (χ4n) is 3.44. The number of methoxy groups -OCH3 is 1. The Balaban J connectivity index is 1.86. The maximum Gasteiger partial charge on any atom is 0.239 e. The molecule has 0 aliphatic carbocycles. The molecule has 2 rings (SSSR count). The standard InChI is InChI=1S/C15H29N3O2/c1-17(10-4-12-20-2)15(19)14-5-3-11-18(14)13-6-8-16-9-7-13/h13-14,16H,3-12H2,1-2H3. The van der Waals surface area contributed by atoms with Crippen LogP contribution in [-0.2, 0) is 9.53 Å². The number of likely N-dealkylation sites (N-methyl/N-ethyl adjacent to an activating group) is 1. The van der Waals surface area contributed by atoms with Gasteiger partial charge in [-0.2, -0.15) is 0 Å². The van der Waals surface area contributed by atoms with E-state index in [9.17, 15) is 4.79 Å². The van der Waals surface area contributed by atoms with Crippen LogP contribution in [0.3, 0.4) is 0 Å². The summed E-state index contributed by atoms with van der Waals surface area (Å²) in [6.07, 6.45) is 5.46. The van der Waals surface area contributed by atoms with Crippen LogP contribution in [0.15, 0.2) is 0 Å². The number of rotatable bonds is 6. The van der Waals surface area contributed by atoms with Crippen molar-refractivity contribution < 1.29 is 9.53 Å². The van der Waals surface area contributed by atoms with Crippen LogP contribution in [0.2, 0.25) is 0 Å². The minimum atomic E-state index is 0.116. The van der Waals surface area contributed by atoms with E-state index < -0.39 is 0 Å². The highest BCUT2D eigenvalue weighted by Crippen LogP contribution is 2.25. The molecule has 2 heterocycles. The van der Waals surface area contributed by atoms with E-state index in [2.05, 4.69) is 10.2 Å². The van der Waals surface area contributed by atoms with Gasteiger partial charge in [-0.25, -0.2) is 0 Å². The second-order valence-corrected chi connectivity index (χ2v) is 5.98. The first-order valence-electron chi connectivity index (χ1n) is 7.94. The van der Waals surface area contributed by atoms with E-state index in [-0.39, 0.29) is 6.04 Å². The quantitative estimate of drug-likeness (QED) is 0.729. The number of amides is 1. The number of hydrogen-bond donors (Lipinski definition) is 1. The van der Waals surface area contributed by atoms with Crippen molar-refractivity contribution in [1.29, 1.82) is 0 Å². The Morgan fingerprint density at radius 1 is 1.35 bits per heavy atom. The number of carbonyl (C=O) groups excluding carboxylic acids is 1. The minimum absolute atomic E-state index is 0.116. The normalized spacial score (nSPS) is 25.0. The largest absolute Gasteiger partial charge is 0.385 e. The molecule has 0 aromatic carbocycles. The molecule has 20 heavy (non-hydrogen) atoms. The molecule has 0 bridgehead atoms. The van der Waals surface area contributed by atoms with Gasteiger partial charge in [0.15, 0.2) is 0 Å². The first kappa shape index (κ1) is 15.7. The van der Waals surface area contributed by atoms with Crippen LogP contribution in [0.1, 0.15) is 32.1 Å². The van der Waals surface area contributed by atoms with Gasteiger partial charge in [-0.3, -0.25) is 9.69 Å². The fourth-order valence-corrected chi connectivity index (χ4v) is 3.44. The topological polar surface area (TPSA) is 44.8 Å². The second-order valence-electron chi connectivity index (χ2n) is 5.98. The van der Waals surface area contributed by atoms with Gasteiger partial charge in [-0.15, -0.1) is 0 Å². The molecule has 0 aromatic rings. The summed E-state index contributed by atoms with van der Waals surface area (Å²) in [4.78, 5) is 17.0. The van der Waals surface area contributed by atoms with E-state index in [0.717, 1.165) is 52.0 Å². The van der Waals surface area contributed by atoms with E-state index >= 15 is 0 Å².